The van der Waals surface area contributed by atoms with E-state index in [1.54, 1.807) is 13.8 Å². The lowest BCUT2D eigenvalue weighted by Gasteiger charge is -2.14. The van der Waals surface area contributed by atoms with E-state index in [9.17, 15) is 14.4 Å². The van der Waals surface area contributed by atoms with E-state index in [2.05, 4.69) is 5.32 Å². The van der Waals surface area contributed by atoms with Gasteiger partial charge in [-0.3, -0.25) is 4.79 Å². The van der Waals surface area contributed by atoms with Crippen LogP contribution in [-0.2, 0) is 27.1 Å². The molecular weight excluding hydrogens is 382 g/mol. The van der Waals surface area contributed by atoms with Gasteiger partial charge in [0, 0.05) is 4.88 Å². The third-order valence-corrected chi connectivity index (χ3v) is 5.83. The van der Waals surface area contributed by atoms with E-state index in [0.29, 0.717) is 16.3 Å². The van der Waals surface area contributed by atoms with Crippen LogP contribution < -0.4 is 5.32 Å². The molecule has 150 valence electrons. The summed E-state index contributed by atoms with van der Waals surface area (Å²) >= 11 is 1.39. The number of anilines is 1. The lowest BCUT2D eigenvalue weighted by atomic mass is 9.95. The van der Waals surface area contributed by atoms with Crippen molar-refractivity contribution in [3.8, 4) is 0 Å². The molecule has 0 fully saturated rings. The Kier molecular flexibility index (Phi) is 6.18. The molecule has 2 aromatic rings. The van der Waals surface area contributed by atoms with E-state index >= 15 is 0 Å². The number of esters is 2. The summed E-state index contributed by atoms with van der Waals surface area (Å²) in [7, 11) is 0. The normalized spacial score (nSPS) is 14.1. The predicted molar refractivity (Wildman–Crippen MR) is 104 cm³/mol. The molecule has 3 rings (SSSR count). The molecule has 0 spiro atoms. The third kappa shape index (κ3) is 4.11. The van der Waals surface area contributed by atoms with Gasteiger partial charge in [0.15, 0.2) is 6.10 Å². The Morgan fingerprint density at radius 2 is 2.00 bits per heavy atom. The van der Waals surface area contributed by atoms with Crippen LogP contribution in [0.4, 0.5) is 5.00 Å². The number of amides is 1. The predicted octanol–water partition coefficient (Wildman–Crippen LogP) is 3.89. The maximum Gasteiger partial charge on any atom is 0.342 e. The number of aryl methyl sites for hydroxylation is 2. The molecule has 1 unspecified atom stereocenters. The van der Waals surface area contributed by atoms with Gasteiger partial charge in [0.25, 0.3) is 5.91 Å². The average Bonchev–Trinajstić information content (AvgIpc) is 3.24. The number of carbonyl (C=O) groups is 3. The zero-order valence-electron chi connectivity index (χ0n) is 16.1. The molecule has 1 amide bonds. The lowest BCUT2D eigenvalue weighted by Crippen LogP contribution is -2.30. The van der Waals surface area contributed by atoms with Crippen molar-refractivity contribution >= 4 is 34.2 Å². The smallest absolute Gasteiger partial charge is 0.342 e. The van der Waals surface area contributed by atoms with E-state index < -0.39 is 23.9 Å². The number of rotatable bonds is 6. The van der Waals surface area contributed by atoms with E-state index in [4.69, 9.17) is 13.9 Å². The van der Waals surface area contributed by atoms with Crippen LogP contribution in [0.3, 0.4) is 0 Å². The highest BCUT2D eigenvalue weighted by Gasteiger charge is 2.29. The number of nitrogens with one attached hydrogen (secondary N) is 1. The van der Waals surface area contributed by atoms with Crippen molar-refractivity contribution < 1.29 is 28.3 Å². The molecular formula is C20H23NO6S. The van der Waals surface area contributed by atoms with Gasteiger partial charge >= 0.3 is 11.9 Å². The van der Waals surface area contributed by atoms with Crippen LogP contribution >= 0.6 is 11.3 Å². The number of carbonyl (C=O) groups excluding carboxylic acids is 3. The molecule has 1 N–H and O–H groups in total. The van der Waals surface area contributed by atoms with Crippen molar-refractivity contribution in [1.29, 1.82) is 0 Å². The first-order chi connectivity index (χ1) is 13.4. The molecule has 7 nitrogen and oxygen atoms in total. The first-order valence-corrected chi connectivity index (χ1v) is 10.1. The summed E-state index contributed by atoms with van der Waals surface area (Å²) in [6.45, 7) is 5.13. The number of hydrogen-bond donors (Lipinski definition) is 1. The second-order valence-corrected chi connectivity index (χ2v) is 7.67. The van der Waals surface area contributed by atoms with Crippen molar-refractivity contribution in [3.05, 3.63) is 39.7 Å². The average molecular weight is 405 g/mol. The highest BCUT2D eigenvalue weighted by atomic mass is 32.1. The minimum atomic E-state index is -1.03. The topological polar surface area (TPSA) is 94.8 Å². The SMILES string of the molecule is CCOC(=O)c1c(NC(=O)C(C)OC(=O)c2ccoc2C)sc2c1CCCC2. The van der Waals surface area contributed by atoms with Gasteiger partial charge in [-0.1, -0.05) is 0 Å². The van der Waals surface area contributed by atoms with Gasteiger partial charge in [-0.2, -0.15) is 0 Å². The Morgan fingerprint density at radius 1 is 1.25 bits per heavy atom. The maximum atomic E-state index is 12.6. The van der Waals surface area contributed by atoms with Crippen molar-refractivity contribution in [2.24, 2.45) is 0 Å². The highest BCUT2D eigenvalue weighted by Crippen LogP contribution is 2.38. The Bertz CT molecular complexity index is 897. The molecule has 0 radical (unpaired) electrons. The molecule has 0 bridgehead atoms. The Labute approximate surface area is 167 Å². The van der Waals surface area contributed by atoms with E-state index in [0.717, 1.165) is 36.1 Å². The van der Waals surface area contributed by atoms with Crippen LogP contribution in [0.25, 0.3) is 0 Å². The quantitative estimate of drug-likeness (QED) is 0.733. The molecule has 1 aliphatic rings. The van der Waals surface area contributed by atoms with Gasteiger partial charge in [-0.15, -0.1) is 11.3 Å². The number of hydrogen-bond acceptors (Lipinski definition) is 7. The van der Waals surface area contributed by atoms with Crippen molar-refractivity contribution in [3.63, 3.8) is 0 Å². The monoisotopic (exact) mass is 405 g/mol. The van der Waals surface area contributed by atoms with Crippen molar-refractivity contribution in [2.75, 3.05) is 11.9 Å². The molecule has 0 saturated heterocycles. The van der Waals surface area contributed by atoms with E-state index in [-0.39, 0.29) is 12.2 Å². The molecule has 0 aromatic carbocycles. The lowest BCUT2D eigenvalue weighted by molar-refractivity contribution is -0.123. The third-order valence-electron chi connectivity index (χ3n) is 4.62. The Hall–Kier alpha value is -2.61. The maximum absolute atomic E-state index is 12.6. The van der Waals surface area contributed by atoms with Gasteiger partial charge in [0.2, 0.25) is 0 Å². The zero-order chi connectivity index (χ0) is 20.3. The summed E-state index contributed by atoms with van der Waals surface area (Å²) in [6, 6.07) is 1.49. The summed E-state index contributed by atoms with van der Waals surface area (Å²) in [5, 5.41) is 3.21. The highest BCUT2D eigenvalue weighted by molar-refractivity contribution is 7.17. The summed E-state index contributed by atoms with van der Waals surface area (Å²) in [6.07, 6.45) is 4.09. The first-order valence-electron chi connectivity index (χ1n) is 9.30. The van der Waals surface area contributed by atoms with Crippen molar-refractivity contribution in [2.45, 2.75) is 52.6 Å². The first kappa shape index (κ1) is 20.1. The van der Waals surface area contributed by atoms with Gasteiger partial charge < -0.3 is 19.2 Å². The minimum absolute atomic E-state index is 0.259. The number of furan rings is 1. The fourth-order valence-electron chi connectivity index (χ4n) is 3.16. The molecule has 2 aromatic heterocycles. The second-order valence-electron chi connectivity index (χ2n) is 6.56. The summed E-state index contributed by atoms with van der Waals surface area (Å²) in [5.41, 5.74) is 1.67. The van der Waals surface area contributed by atoms with Crippen molar-refractivity contribution in [1.82, 2.24) is 0 Å². The van der Waals surface area contributed by atoms with Crippen LogP contribution in [0.15, 0.2) is 16.7 Å². The van der Waals surface area contributed by atoms with Gasteiger partial charge in [0.1, 0.15) is 16.3 Å². The summed E-state index contributed by atoms with van der Waals surface area (Å²) < 4.78 is 15.5. The molecule has 8 heteroatoms. The van der Waals surface area contributed by atoms with Crippen LogP contribution in [0, 0.1) is 6.92 Å². The van der Waals surface area contributed by atoms with E-state index in [1.165, 1.54) is 30.6 Å². The molecule has 1 aliphatic carbocycles. The molecule has 28 heavy (non-hydrogen) atoms. The van der Waals surface area contributed by atoms with Gasteiger partial charge in [-0.25, -0.2) is 9.59 Å². The standard InChI is InChI=1S/C20H23NO6S/c1-4-25-20(24)16-14-7-5-6-8-15(14)28-18(16)21-17(22)12(3)27-19(23)13-9-10-26-11(13)2/h9-10,12H,4-8H2,1-3H3,(H,21,22). The molecule has 0 saturated carbocycles. The van der Waals surface area contributed by atoms with Crippen LogP contribution in [0.5, 0.6) is 0 Å². The Balaban J connectivity index is 1.76. The van der Waals surface area contributed by atoms with Crippen LogP contribution in [-0.4, -0.2) is 30.6 Å². The fourth-order valence-corrected chi connectivity index (χ4v) is 4.44. The molecule has 1 atom stereocenters. The Morgan fingerprint density at radius 3 is 2.68 bits per heavy atom. The largest absolute Gasteiger partial charge is 0.469 e. The second kappa shape index (κ2) is 8.60. The fraction of sp³-hybridized carbons (Fsp3) is 0.450. The minimum Gasteiger partial charge on any atom is -0.469 e. The zero-order valence-corrected chi connectivity index (χ0v) is 16.9. The van der Waals surface area contributed by atoms with E-state index in [1.807, 2.05) is 0 Å². The van der Waals surface area contributed by atoms with Crippen LogP contribution in [0.1, 0.15) is 63.6 Å². The molecule has 0 aliphatic heterocycles. The summed E-state index contributed by atoms with van der Waals surface area (Å²) in [4.78, 5) is 38.3. The van der Waals surface area contributed by atoms with Crippen LogP contribution in [0.2, 0.25) is 0 Å². The number of fused-ring (bicyclic) bond motifs is 1. The molecule has 2 heterocycles. The summed E-state index contributed by atoms with van der Waals surface area (Å²) in [5.74, 6) is -1.15. The van der Waals surface area contributed by atoms with Gasteiger partial charge in [-0.05, 0) is 58.1 Å². The van der Waals surface area contributed by atoms with Gasteiger partial charge in [0.05, 0.1) is 18.4 Å². The number of thiophene rings is 1. The number of ether oxygens (including phenoxy) is 2.